The molecule has 0 aliphatic carbocycles. The molecule has 2 unspecified atom stereocenters. The van der Waals surface area contributed by atoms with Crippen LogP contribution in [0.25, 0.3) is 0 Å². The third-order valence-electron chi connectivity index (χ3n) is 9.57. The number of rotatable bonds is 13. The molecule has 1 aliphatic rings. The van der Waals surface area contributed by atoms with Crippen LogP contribution in [0, 0.1) is 5.41 Å². The normalized spacial score (nSPS) is 23.1. The summed E-state index contributed by atoms with van der Waals surface area (Å²) in [6.45, 7) is 20.1. The fourth-order valence-electron chi connectivity index (χ4n) is 6.10. The van der Waals surface area contributed by atoms with E-state index >= 15 is 0 Å². The number of piperidine rings is 1. The number of benzene rings is 2. The molecule has 0 spiro atoms. The first kappa shape index (κ1) is 34.9. The zero-order valence-corrected chi connectivity index (χ0v) is 29.1. The molecule has 1 saturated heterocycles. The van der Waals surface area contributed by atoms with Crippen LogP contribution in [0.2, 0.25) is 28.2 Å². The van der Waals surface area contributed by atoms with Crippen molar-refractivity contribution < 1.29 is 14.3 Å². The van der Waals surface area contributed by atoms with Gasteiger partial charge in [-0.1, -0.05) is 88.2 Å². The van der Waals surface area contributed by atoms with Gasteiger partial charge in [-0.25, -0.2) is 0 Å². The van der Waals surface area contributed by atoms with Gasteiger partial charge in [-0.3, -0.25) is 4.79 Å². The Bertz CT molecular complexity index is 1200. The van der Waals surface area contributed by atoms with Crippen molar-refractivity contribution in [2.75, 3.05) is 6.61 Å². The number of unbranched alkanes of at least 4 members (excludes halogenated alkanes) is 1. The molecule has 42 heavy (non-hydrogen) atoms. The number of aliphatic hydroxyl groups is 1. The SMILES string of the molecule is C=CC[C@@]1(C)C[C@H](c2cccc(Cl)c2)C(c2ccc(Cl)cc2)N([C@@H](CC)C(O)CCCCO[Si](C)(C)C(C)(C)C)C1=O. The Morgan fingerprint density at radius 3 is 2.36 bits per heavy atom. The van der Waals surface area contributed by atoms with Crippen molar-refractivity contribution in [3.63, 3.8) is 0 Å². The molecule has 0 aromatic heterocycles. The van der Waals surface area contributed by atoms with Gasteiger partial charge in [-0.2, -0.15) is 0 Å². The minimum absolute atomic E-state index is 0.0215. The highest BCUT2D eigenvalue weighted by Gasteiger charge is 2.51. The number of aliphatic hydroxyl groups excluding tert-OH is 1. The Hall–Kier alpha value is -1.63. The predicted molar refractivity (Wildman–Crippen MR) is 180 cm³/mol. The van der Waals surface area contributed by atoms with Crippen LogP contribution in [-0.4, -0.2) is 43.0 Å². The molecule has 1 amide bonds. The molecule has 1 aliphatic heterocycles. The molecule has 7 heteroatoms. The zero-order valence-electron chi connectivity index (χ0n) is 26.6. The van der Waals surface area contributed by atoms with Gasteiger partial charge in [0.15, 0.2) is 8.32 Å². The lowest BCUT2D eigenvalue weighted by Gasteiger charge is -2.53. The Balaban J connectivity index is 1.95. The summed E-state index contributed by atoms with van der Waals surface area (Å²) in [4.78, 5) is 16.5. The zero-order chi connectivity index (χ0) is 31.3. The number of hydrogen-bond donors (Lipinski definition) is 1. The fourth-order valence-corrected chi connectivity index (χ4v) is 7.51. The third-order valence-corrected chi connectivity index (χ3v) is 14.6. The average molecular weight is 633 g/mol. The number of carbonyl (C=O) groups excluding carboxylic acids is 1. The monoisotopic (exact) mass is 631 g/mol. The lowest BCUT2D eigenvalue weighted by Crippen LogP contribution is -2.58. The summed E-state index contributed by atoms with van der Waals surface area (Å²) in [6.07, 6.45) is 5.36. The maximum Gasteiger partial charge on any atom is 0.229 e. The van der Waals surface area contributed by atoms with Crippen LogP contribution >= 0.6 is 23.2 Å². The predicted octanol–water partition coefficient (Wildman–Crippen LogP) is 9.96. The molecule has 1 N–H and O–H groups in total. The summed E-state index contributed by atoms with van der Waals surface area (Å²) in [6, 6.07) is 15.1. The minimum Gasteiger partial charge on any atom is -0.417 e. The summed E-state index contributed by atoms with van der Waals surface area (Å²) >= 11 is 12.8. The summed E-state index contributed by atoms with van der Waals surface area (Å²) < 4.78 is 6.37. The molecule has 232 valence electrons. The number of halogens is 2. The number of allylic oxidation sites excluding steroid dienone is 1. The van der Waals surface area contributed by atoms with Crippen LogP contribution in [0.4, 0.5) is 0 Å². The topological polar surface area (TPSA) is 49.8 Å². The van der Waals surface area contributed by atoms with Crippen LogP contribution in [-0.2, 0) is 9.22 Å². The standard InChI is InChI=1S/C35H51Cl2NO3Si/c1-9-21-35(6)24-29(26-14-13-15-28(37)23-26)32(25-17-19-27(36)20-18-25)38(33(35)40)30(10-2)31(39)16-11-12-22-41-42(7,8)34(3,4)5/h9,13-15,17-20,23,29-32,39H,1,10-12,16,21-22,24H2,2-8H3/t29-,30+,31?,32?,35+/m1/s1. The highest BCUT2D eigenvalue weighted by atomic mass is 35.5. The van der Waals surface area contributed by atoms with E-state index in [9.17, 15) is 9.90 Å². The second kappa shape index (κ2) is 14.4. The van der Waals surface area contributed by atoms with E-state index in [0.29, 0.717) is 42.3 Å². The van der Waals surface area contributed by atoms with Gasteiger partial charge in [0.2, 0.25) is 5.91 Å². The maximum absolute atomic E-state index is 14.5. The number of nitrogens with zero attached hydrogens (tertiary/aromatic N) is 1. The summed E-state index contributed by atoms with van der Waals surface area (Å²) in [5.41, 5.74) is 1.44. The summed E-state index contributed by atoms with van der Waals surface area (Å²) in [5.74, 6) is 0.0413. The van der Waals surface area contributed by atoms with Crippen LogP contribution in [0.5, 0.6) is 0 Å². The Morgan fingerprint density at radius 1 is 1.12 bits per heavy atom. The van der Waals surface area contributed by atoms with Crippen molar-refractivity contribution in [1.82, 2.24) is 4.90 Å². The lowest BCUT2D eigenvalue weighted by atomic mass is 9.66. The Kier molecular flexibility index (Phi) is 12.0. The van der Waals surface area contributed by atoms with E-state index in [1.54, 1.807) is 0 Å². The second-order valence-corrected chi connectivity index (χ2v) is 19.5. The quantitative estimate of drug-likeness (QED) is 0.136. The Morgan fingerprint density at radius 2 is 1.79 bits per heavy atom. The van der Waals surface area contributed by atoms with Crippen molar-refractivity contribution in [3.05, 3.63) is 82.4 Å². The molecule has 3 rings (SSSR count). The molecule has 0 bridgehead atoms. The fraction of sp³-hybridized carbons (Fsp3) is 0.571. The van der Waals surface area contributed by atoms with Gasteiger partial charge < -0.3 is 14.4 Å². The second-order valence-electron chi connectivity index (χ2n) is 13.8. The van der Waals surface area contributed by atoms with Crippen LogP contribution < -0.4 is 0 Å². The molecule has 0 saturated carbocycles. The van der Waals surface area contributed by atoms with Gasteiger partial charge in [-0.15, -0.1) is 6.58 Å². The van der Waals surface area contributed by atoms with Gasteiger partial charge >= 0.3 is 0 Å². The average Bonchev–Trinajstić information content (AvgIpc) is 2.91. The number of hydrogen-bond acceptors (Lipinski definition) is 3. The molecule has 2 aromatic rings. The van der Waals surface area contributed by atoms with Gasteiger partial charge in [-0.05, 0) is 92.0 Å². The largest absolute Gasteiger partial charge is 0.417 e. The summed E-state index contributed by atoms with van der Waals surface area (Å²) in [5, 5.41) is 13.2. The van der Waals surface area contributed by atoms with Crippen LogP contribution in [0.15, 0.2) is 61.2 Å². The smallest absolute Gasteiger partial charge is 0.229 e. The maximum atomic E-state index is 14.5. The van der Waals surface area contributed by atoms with Gasteiger partial charge in [0.25, 0.3) is 0 Å². The molecule has 5 atom stereocenters. The highest BCUT2D eigenvalue weighted by molar-refractivity contribution is 6.74. The molecule has 2 aromatic carbocycles. The molecular formula is C35H51Cl2NO3Si. The number of carbonyl (C=O) groups is 1. The summed E-state index contributed by atoms with van der Waals surface area (Å²) in [7, 11) is -1.81. The first-order chi connectivity index (χ1) is 19.6. The van der Waals surface area contributed by atoms with Crippen molar-refractivity contribution in [2.24, 2.45) is 5.41 Å². The van der Waals surface area contributed by atoms with Gasteiger partial charge in [0.1, 0.15) is 0 Å². The number of amides is 1. The van der Waals surface area contributed by atoms with Crippen LogP contribution in [0.3, 0.4) is 0 Å². The van der Waals surface area contributed by atoms with E-state index in [4.69, 9.17) is 27.6 Å². The number of likely N-dealkylation sites (tertiary alicyclic amines) is 1. The third kappa shape index (κ3) is 8.09. The molecular weight excluding hydrogens is 581 g/mol. The van der Waals surface area contributed by atoms with Crippen molar-refractivity contribution in [1.29, 1.82) is 0 Å². The van der Waals surface area contributed by atoms with E-state index in [1.165, 1.54) is 0 Å². The van der Waals surface area contributed by atoms with Crippen molar-refractivity contribution in [2.45, 2.75) is 115 Å². The van der Waals surface area contributed by atoms with E-state index < -0.39 is 19.8 Å². The van der Waals surface area contributed by atoms with Gasteiger partial charge in [0.05, 0.1) is 23.6 Å². The van der Waals surface area contributed by atoms with E-state index in [-0.39, 0.29) is 28.9 Å². The molecule has 0 radical (unpaired) electrons. The minimum atomic E-state index is -1.81. The Labute approximate surface area is 265 Å². The first-order valence-electron chi connectivity index (χ1n) is 15.4. The van der Waals surface area contributed by atoms with E-state index in [2.05, 4.69) is 53.4 Å². The van der Waals surface area contributed by atoms with Crippen molar-refractivity contribution in [3.8, 4) is 0 Å². The first-order valence-corrected chi connectivity index (χ1v) is 19.1. The molecule has 1 heterocycles. The van der Waals surface area contributed by atoms with Gasteiger partial charge in [0, 0.05) is 22.6 Å². The lowest BCUT2D eigenvalue weighted by molar-refractivity contribution is -0.158. The molecule has 1 fully saturated rings. The molecule has 4 nitrogen and oxygen atoms in total. The van der Waals surface area contributed by atoms with Crippen LogP contribution in [0.1, 0.15) is 96.2 Å². The van der Waals surface area contributed by atoms with E-state index in [0.717, 1.165) is 24.0 Å². The van der Waals surface area contributed by atoms with Crippen molar-refractivity contribution >= 4 is 37.4 Å². The van der Waals surface area contributed by atoms with E-state index in [1.807, 2.05) is 60.4 Å². The highest BCUT2D eigenvalue weighted by Crippen LogP contribution is 2.52.